The first-order chi connectivity index (χ1) is 5.89. The molecule has 0 unspecified atom stereocenters. The van der Waals surface area contributed by atoms with Crippen molar-refractivity contribution in [3.63, 3.8) is 0 Å². The minimum Gasteiger partial charge on any atom is -0.339 e. The second kappa shape index (κ2) is 3.28. The van der Waals surface area contributed by atoms with Gasteiger partial charge < -0.3 is 4.52 Å². The van der Waals surface area contributed by atoms with Crippen LogP contribution in [0.1, 0.15) is 39.4 Å². The Morgan fingerprint density at radius 2 is 2.08 bits per heavy atom. The van der Waals surface area contributed by atoms with Gasteiger partial charge >= 0.3 is 0 Å². The summed E-state index contributed by atoms with van der Waals surface area (Å²) < 4.78 is 5.02. The Bertz CT molecular complexity index is 310. The van der Waals surface area contributed by atoms with Crippen LogP contribution in [-0.2, 0) is 16.6 Å². The van der Waals surface area contributed by atoms with Crippen molar-refractivity contribution in [1.82, 2.24) is 10.1 Å². The molecule has 0 saturated carbocycles. The first kappa shape index (κ1) is 9.89. The lowest BCUT2D eigenvalue weighted by Crippen LogP contribution is -2.11. The van der Waals surface area contributed by atoms with E-state index < -0.39 is 0 Å². The molecular weight excluding hydrogens is 168 g/mol. The van der Waals surface area contributed by atoms with E-state index in [9.17, 15) is 4.79 Å². The van der Waals surface area contributed by atoms with E-state index in [4.69, 9.17) is 4.52 Å². The Morgan fingerprint density at radius 3 is 2.46 bits per heavy atom. The van der Waals surface area contributed by atoms with E-state index in [0.29, 0.717) is 11.7 Å². The molecule has 0 N–H and O–H groups in total. The van der Waals surface area contributed by atoms with Gasteiger partial charge in [0.15, 0.2) is 5.82 Å². The van der Waals surface area contributed by atoms with Crippen molar-refractivity contribution in [2.45, 2.75) is 39.5 Å². The molecule has 0 bridgehead atoms. The van der Waals surface area contributed by atoms with Gasteiger partial charge in [-0.25, -0.2) is 0 Å². The molecule has 1 heterocycles. The normalized spacial score (nSPS) is 11.7. The van der Waals surface area contributed by atoms with Gasteiger partial charge in [0.1, 0.15) is 5.78 Å². The summed E-state index contributed by atoms with van der Waals surface area (Å²) in [4.78, 5) is 14.9. The van der Waals surface area contributed by atoms with E-state index in [1.54, 1.807) is 0 Å². The Morgan fingerprint density at radius 1 is 1.46 bits per heavy atom. The van der Waals surface area contributed by atoms with Gasteiger partial charge in [-0.15, -0.1) is 0 Å². The first-order valence-electron chi connectivity index (χ1n) is 4.22. The van der Waals surface area contributed by atoms with Crippen molar-refractivity contribution >= 4 is 5.78 Å². The monoisotopic (exact) mass is 182 g/mol. The van der Waals surface area contributed by atoms with Gasteiger partial charge in [-0.1, -0.05) is 25.9 Å². The van der Waals surface area contributed by atoms with E-state index in [1.807, 2.05) is 20.8 Å². The molecule has 4 heteroatoms. The SMILES string of the molecule is CC(=O)Cc1noc(C(C)(C)C)n1. The van der Waals surface area contributed by atoms with E-state index in [0.717, 1.165) is 0 Å². The van der Waals surface area contributed by atoms with Crippen LogP contribution in [0.4, 0.5) is 0 Å². The van der Waals surface area contributed by atoms with Crippen molar-refractivity contribution in [3.8, 4) is 0 Å². The van der Waals surface area contributed by atoms with Crippen LogP contribution in [0, 0.1) is 0 Å². The van der Waals surface area contributed by atoms with Gasteiger partial charge in [0.25, 0.3) is 0 Å². The Hall–Kier alpha value is -1.19. The van der Waals surface area contributed by atoms with Crippen LogP contribution < -0.4 is 0 Å². The summed E-state index contributed by atoms with van der Waals surface area (Å²) in [5.74, 6) is 1.09. The quantitative estimate of drug-likeness (QED) is 0.695. The molecule has 0 radical (unpaired) electrons. The molecule has 1 rings (SSSR count). The minimum atomic E-state index is -0.151. The molecule has 0 aliphatic heterocycles. The number of ketones is 1. The standard InChI is InChI=1S/C9H14N2O2/c1-6(12)5-7-10-8(13-11-7)9(2,3)4/h5H2,1-4H3. The molecule has 4 nitrogen and oxygen atoms in total. The average molecular weight is 182 g/mol. The summed E-state index contributed by atoms with van der Waals surface area (Å²) in [5.41, 5.74) is -0.151. The van der Waals surface area contributed by atoms with Crippen LogP contribution >= 0.6 is 0 Å². The van der Waals surface area contributed by atoms with E-state index in [-0.39, 0.29) is 17.6 Å². The topological polar surface area (TPSA) is 56.0 Å². The number of nitrogens with zero attached hydrogens (tertiary/aromatic N) is 2. The van der Waals surface area contributed by atoms with Crippen molar-refractivity contribution in [2.24, 2.45) is 0 Å². The Balaban J connectivity index is 2.81. The molecule has 0 aromatic carbocycles. The number of aromatic nitrogens is 2. The third kappa shape index (κ3) is 2.65. The molecule has 0 saturated heterocycles. The highest BCUT2D eigenvalue weighted by Crippen LogP contribution is 2.19. The molecule has 13 heavy (non-hydrogen) atoms. The molecule has 0 spiro atoms. The predicted molar refractivity (Wildman–Crippen MR) is 47.4 cm³/mol. The summed E-state index contributed by atoms with van der Waals surface area (Å²) >= 11 is 0. The van der Waals surface area contributed by atoms with E-state index in [1.165, 1.54) is 6.92 Å². The minimum absolute atomic E-state index is 0.0428. The highest BCUT2D eigenvalue weighted by Gasteiger charge is 2.21. The summed E-state index contributed by atoms with van der Waals surface area (Å²) in [6.45, 7) is 7.46. The molecule has 0 atom stereocenters. The van der Waals surface area contributed by atoms with E-state index >= 15 is 0 Å². The number of hydrogen-bond acceptors (Lipinski definition) is 4. The fraction of sp³-hybridized carbons (Fsp3) is 0.667. The number of hydrogen-bond donors (Lipinski definition) is 0. The zero-order valence-electron chi connectivity index (χ0n) is 8.42. The second-order valence-electron chi connectivity index (χ2n) is 4.14. The predicted octanol–water partition coefficient (Wildman–Crippen LogP) is 1.50. The zero-order valence-corrected chi connectivity index (χ0v) is 8.42. The fourth-order valence-corrected chi connectivity index (χ4v) is 0.853. The van der Waals surface area contributed by atoms with Crippen LogP contribution in [-0.4, -0.2) is 15.9 Å². The van der Waals surface area contributed by atoms with Crippen LogP contribution in [0.3, 0.4) is 0 Å². The molecule has 0 amide bonds. The van der Waals surface area contributed by atoms with Gasteiger partial charge in [-0.2, -0.15) is 4.98 Å². The van der Waals surface area contributed by atoms with Gasteiger partial charge in [-0.05, 0) is 6.92 Å². The average Bonchev–Trinajstić information content (AvgIpc) is 2.32. The molecule has 0 aliphatic carbocycles. The van der Waals surface area contributed by atoms with Crippen molar-refractivity contribution in [2.75, 3.05) is 0 Å². The summed E-state index contributed by atoms with van der Waals surface area (Å²) in [5, 5.41) is 3.72. The molecule has 72 valence electrons. The van der Waals surface area contributed by atoms with Crippen LogP contribution in [0.5, 0.6) is 0 Å². The maximum absolute atomic E-state index is 10.8. The van der Waals surface area contributed by atoms with Gasteiger partial charge in [0.2, 0.25) is 5.89 Å². The number of rotatable bonds is 2. The van der Waals surface area contributed by atoms with Crippen LogP contribution in [0.25, 0.3) is 0 Å². The zero-order chi connectivity index (χ0) is 10.1. The molecule has 0 aliphatic rings. The highest BCUT2D eigenvalue weighted by molar-refractivity contribution is 5.77. The smallest absolute Gasteiger partial charge is 0.232 e. The van der Waals surface area contributed by atoms with Crippen LogP contribution in [0.2, 0.25) is 0 Å². The second-order valence-corrected chi connectivity index (χ2v) is 4.14. The summed E-state index contributed by atoms with van der Waals surface area (Å²) in [6, 6.07) is 0. The number of Topliss-reactive ketones (excluding diaryl/α,β-unsaturated/α-hetero) is 1. The van der Waals surface area contributed by atoms with Crippen molar-refractivity contribution in [1.29, 1.82) is 0 Å². The third-order valence-corrected chi connectivity index (χ3v) is 1.52. The summed E-state index contributed by atoms with van der Waals surface area (Å²) in [7, 11) is 0. The molecule has 0 fully saturated rings. The lowest BCUT2D eigenvalue weighted by atomic mass is 9.97. The van der Waals surface area contributed by atoms with Gasteiger partial charge in [-0.3, -0.25) is 4.79 Å². The molecular formula is C9H14N2O2. The maximum atomic E-state index is 10.8. The van der Waals surface area contributed by atoms with Crippen LogP contribution in [0.15, 0.2) is 4.52 Å². The highest BCUT2D eigenvalue weighted by atomic mass is 16.5. The lowest BCUT2D eigenvalue weighted by molar-refractivity contribution is -0.116. The molecule has 1 aromatic heterocycles. The molecule has 1 aromatic rings. The van der Waals surface area contributed by atoms with E-state index in [2.05, 4.69) is 10.1 Å². The largest absolute Gasteiger partial charge is 0.339 e. The summed E-state index contributed by atoms with van der Waals surface area (Å²) in [6.07, 6.45) is 0.250. The maximum Gasteiger partial charge on any atom is 0.232 e. The Labute approximate surface area is 77.3 Å². The third-order valence-electron chi connectivity index (χ3n) is 1.52. The first-order valence-corrected chi connectivity index (χ1v) is 4.22. The number of carbonyl (C=O) groups is 1. The fourth-order valence-electron chi connectivity index (χ4n) is 0.853. The van der Waals surface area contributed by atoms with Crippen molar-refractivity contribution < 1.29 is 9.32 Å². The lowest BCUT2D eigenvalue weighted by Gasteiger charge is -2.10. The van der Waals surface area contributed by atoms with Gasteiger partial charge in [0, 0.05) is 5.41 Å². The van der Waals surface area contributed by atoms with Gasteiger partial charge in [0.05, 0.1) is 6.42 Å². The Kier molecular flexibility index (Phi) is 2.50. The van der Waals surface area contributed by atoms with Crippen molar-refractivity contribution in [3.05, 3.63) is 11.7 Å². The number of carbonyl (C=O) groups excluding carboxylic acids is 1.